The van der Waals surface area contributed by atoms with E-state index in [0.717, 1.165) is 11.1 Å². The fraction of sp³-hybridized carbons (Fsp3) is 0.250. The van der Waals surface area contributed by atoms with Gasteiger partial charge in [0.05, 0.1) is 4.90 Å². The molecule has 0 saturated heterocycles. The van der Waals surface area contributed by atoms with Crippen LogP contribution in [0.5, 0.6) is 0 Å². The molecule has 0 radical (unpaired) electrons. The van der Waals surface area contributed by atoms with Gasteiger partial charge in [-0.3, -0.25) is 0 Å². The van der Waals surface area contributed by atoms with Crippen LogP contribution in [-0.2, 0) is 10.0 Å². The number of benzene rings is 2. The maximum absolute atomic E-state index is 12.4. The molecule has 0 amide bonds. The molecule has 0 aliphatic carbocycles. The Morgan fingerprint density at radius 2 is 1.30 bits per heavy atom. The summed E-state index contributed by atoms with van der Waals surface area (Å²) in [4.78, 5) is 0.348. The molecule has 4 heteroatoms. The fourth-order valence-electron chi connectivity index (χ4n) is 2.16. The molecule has 0 unspecified atom stereocenters. The summed E-state index contributed by atoms with van der Waals surface area (Å²) in [5.74, 6) is 0. The molecule has 20 heavy (non-hydrogen) atoms. The van der Waals surface area contributed by atoms with E-state index in [4.69, 9.17) is 0 Å². The SMILES string of the molecule is CCN(CC)S(=O)(=O)c1ccc(-c2ccccc2)cc1. The van der Waals surface area contributed by atoms with Crippen LogP contribution in [0.4, 0.5) is 0 Å². The largest absolute Gasteiger partial charge is 0.243 e. The summed E-state index contributed by atoms with van der Waals surface area (Å²) in [7, 11) is -3.37. The highest BCUT2D eigenvalue weighted by Gasteiger charge is 2.21. The van der Waals surface area contributed by atoms with E-state index in [9.17, 15) is 8.42 Å². The van der Waals surface area contributed by atoms with Gasteiger partial charge in [-0.05, 0) is 23.3 Å². The van der Waals surface area contributed by atoms with Gasteiger partial charge in [-0.25, -0.2) is 8.42 Å². The van der Waals surface area contributed by atoms with Crippen molar-refractivity contribution in [2.75, 3.05) is 13.1 Å². The molecule has 106 valence electrons. The van der Waals surface area contributed by atoms with Gasteiger partial charge in [0.15, 0.2) is 0 Å². The number of nitrogens with zero attached hydrogens (tertiary/aromatic N) is 1. The molecule has 0 bridgehead atoms. The van der Waals surface area contributed by atoms with Crippen LogP contribution >= 0.6 is 0 Å². The van der Waals surface area contributed by atoms with Crippen LogP contribution in [0.25, 0.3) is 11.1 Å². The number of hydrogen-bond acceptors (Lipinski definition) is 2. The van der Waals surface area contributed by atoms with Gasteiger partial charge in [0.25, 0.3) is 0 Å². The smallest absolute Gasteiger partial charge is 0.207 e. The van der Waals surface area contributed by atoms with Crippen molar-refractivity contribution < 1.29 is 8.42 Å². The maximum Gasteiger partial charge on any atom is 0.243 e. The van der Waals surface area contributed by atoms with Crippen molar-refractivity contribution in [2.45, 2.75) is 18.7 Å². The summed E-state index contributed by atoms with van der Waals surface area (Å²) in [6.45, 7) is 4.66. The second-order valence-electron chi connectivity index (χ2n) is 4.48. The minimum absolute atomic E-state index is 0.348. The van der Waals surface area contributed by atoms with E-state index in [1.807, 2.05) is 56.3 Å². The van der Waals surface area contributed by atoms with E-state index in [2.05, 4.69) is 0 Å². The Morgan fingerprint density at radius 1 is 0.800 bits per heavy atom. The zero-order valence-electron chi connectivity index (χ0n) is 11.8. The molecule has 0 fully saturated rings. The molecular formula is C16H19NO2S. The normalized spacial score (nSPS) is 11.8. The van der Waals surface area contributed by atoms with Gasteiger partial charge in [0, 0.05) is 13.1 Å². The Kier molecular flexibility index (Phi) is 4.57. The Balaban J connectivity index is 2.34. The quantitative estimate of drug-likeness (QED) is 0.846. The molecule has 2 rings (SSSR count). The second kappa shape index (κ2) is 6.20. The van der Waals surface area contributed by atoms with E-state index in [1.54, 1.807) is 12.1 Å². The zero-order valence-corrected chi connectivity index (χ0v) is 12.6. The average molecular weight is 289 g/mol. The standard InChI is InChI=1S/C16H19NO2S/c1-3-17(4-2)20(18,19)16-12-10-15(11-13-16)14-8-6-5-7-9-14/h5-13H,3-4H2,1-2H3. The molecule has 0 aliphatic rings. The summed E-state index contributed by atoms with van der Waals surface area (Å²) in [6.07, 6.45) is 0. The van der Waals surface area contributed by atoms with Gasteiger partial charge in [-0.1, -0.05) is 56.3 Å². The highest BCUT2D eigenvalue weighted by atomic mass is 32.2. The minimum Gasteiger partial charge on any atom is -0.207 e. The first-order valence-electron chi connectivity index (χ1n) is 6.75. The van der Waals surface area contributed by atoms with Gasteiger partial charge in [0.2, 0.25) is 10.0 Å². The molecular weight excluding hydrogens is 270 g/mol. The molecule has 0 saturated carbocycles. The van der Waals surface area contributed by atoms with Crippen molar-refractivity contribution in [3.63, 3.8) is 0 Å². The molecule has 3 nitrogen and oxygen atoms in total. The highest BCUT2D eigenvalue weighted by Crippen LogP contribution is 2.22. The molecule has 2 aromatic carbocycles. The van der Waals surface area contributed by atoms with Crippen molar-refractivity contribution in [3.8, 4) is 11.1 Å². The van der Waals surface area contributed by atoms with Crippen molar-refractivity contribution in [2.24, 2.45) is 0 Å². The van der Waals surface area contributed by atoms with E-state index >= 15 is 0 Å². The summed E-state index contributed by atoms with van der Waals surface area (Å²) >= 11 is 0. The third kappa shape index (κ3) is 2.92. The predicted octanol–water partition coefficient (Wildman–Crippen LogP) is 3.38. The fourth-order valence-corrected chi connectivity index (χ4v) is 3.62. The topological polar surface area (TPSA) is 37.4 Å². The van der Waals surface area contributed by atoms with Crippen molar-refractivity contribution in [1.29, 1.82) is 0 Å². The molecule has 0 aromatic heterocycles. The van der Waals surface area contributed by atoms with Gasteiger partial charge < -0.3 is 0 Å². The van der Waals surface area contributed by atoms with Gasteiger partial charge in [0.1, 0.15) is 0 Å². The van der Waals surface area contributed by atoms with E-state index in [0.29, 0.717) is 18.0 Å². The first-order chi connectivity index (χ1) is 9.59. The summed E-state index contributed by atoms with van der Waals surface area (Å²) in [6, 6.07) is 17.0. The van der Waals surface area contributed by atoms with E-state index < -0.39 is 10.0 Å². The molecule has 2 aromatic rings. The minimum atomic E-state index is -3.37. The highest BCUT2D eigenvalue weighted by molar-refractivity contribution is 7.89. The predicted molar refractivity (Wildman–Crippen MR) is 82.0 cm³/mol. The lowest BCUT2D eigenvalue weighted by Gasteiger charge is -2.18. The van der Waals surface area contributed by atoms with Crippen molar-refractivity contribution in [3.05, 3.63) is 54.6 Å². The molecule has 0 N–H and O–H groups in total. The summed E-state index contributed by atoms with van der Waals surface area (Å²) in [5.41, 5.74) is 2.10. The monoisotopic (exact) mass is 289 g/mol. The third-order valence-corrected chi connectivity index (χ3v) is 5.37. The van der Waals surface area contributed by atoms with Crippen LogP contribution in [0.2, 0.25) is 0 Å². The van der Waals surface area contributed by atoms with E-state index in [1.165, 1.54) is 4.31 Å². The molecule has 0 heterocycles. The lowest BCUT2D eigenvalue weighted by molar-refractivity contribution is 0.445. The maximum atomic E-state index is 12.4. The third-order valence-electron chi connectivity index (χ3n) is 3.30. The van der Waals surface area contributed by atoms with E-state index in [-0.39, 0.29) is 0 Å². The van der Waals surface area contributed by atoms with Gasteiger partial charge in [-0.2, -0.15) is 4.31 Å². The second-order valence-corrected chi connectivity index (χ2v) is 6.42. The number of rotatable bonds is 5. The Hall–Kier alpha value is -1.65. The van der Waals surface area contributed by atoms with Crippen molar-refractivity contribution >= 4 is 10.0 Å². The average Bonchev–Trinajstić information content (AvgIpc) is 2.49. The Morgan fingerprint density at radius 3 is 1.80 bits per heavy atom. The van der Waals surface area contributed by atoms with Crippen LogP contribution in [-0.4, -0.2) is 25.8 Å². The molecule has 0 aliphatic heterocycles. The molecule has 0 atom stereocenters. The summed E-state index contributed by atoms with van der Waals surface area (Å²) < 4.78 is 26.2. The first-order valence-corrected chi connectivity index (χ1v) is 8.19. The van der Waals surface area contributed by atoms with Crippen LogP contribution in [0, 0.1) is 0 Å². The van der Waals surface area contributed by atoms with Crippen LogP contribution < -0.4 is 0 Å². The van der Waals surface area contributed by atoms with Gasteiger partial charge >= 0.3 is 0 Å². The molecule has 0 spiro atoms. The van der Waals surface area contributed by atoms with Crippen LogP contribution in [0.15, 0.2) is 59.5 Å². The van der Waals surface area contributed by atoms with Crippen molar-refractivity contribution in [1.82, 2.24) is 4.31 Å². The zero-order chi connectivity index (χ0) is 14.6. The van der Waals surface area contributed by atoms with Gasteiger partial charge in [-0.15, -0.1) is 0 Å². The number of sulfonamides is 1. The van der Waals surface area contributed by atoms with Crippen LogP contribution in [0.1, 0.15) is 13.8 Å². The Bertz CT molecular complexity index is 645. The van der Waals surface area contributed by atoms with Crippen LogP contribution in [0.3, 0.4) is 0 Å². The lowest BCUT2D eigenvalue weighted by Crippen LogP contribution is -2.30. The number of hydrogen-bond donors (Lipinski definition) is 0. The summed E-state index contributed by atoms with van der Waals surface area (Å²) in [5, 5.41) is 0. The Labute approximate surface area is 120 Å². The first kappa shape index (κ1) is 14.8. The lowest BCUT2D eigenvalue weighted by atomic mass is 10.1.